The molecule has 0 amide bonds. The zero-order valence-electron chi connectivity index (χ0n) is 14.5. The summed E-state index contributed by atoms with van der Waals surface area (Å²) in [5, 5.41) is 6.38. The van der Waals surface area contributed by atoms with Crippen LogP contribution in [-0.2, 0) is 16.0 Å². The molecule has 1 aliphatic rings. The molecule has 1 heterocycles. The molecule has 1 fully saturated rings. The molecule has 2 rings (SSSR count). The van der Waals surface area contributed by atoms with Crippen molar-refractivity contribution in [3.05, 3.63) is 29.6 Å². The van der Waals surface area contributed by atoms with Gasteiger partial charge >= 0.3 is 0 Å². The molecule has 0 spiro atoms. The summed E-state index contributed by atoms with van der Waals surface area (Å²) < 4.78 is 24.7. The second kappa shape index (κ2) is 10.1. The van der Waals surface area contributed by atoms with Crippen LogP contribution in [-0.4, -0.2) is 59.6 Å². The summed E-state index contributed by atoms with van der Waals surface area (Å²) in [4.78, 5) is 6.17. The van der Waals surface area contributed by atoms with E-state index in [-0.39, 0.29) is 5.82 Å². The minimum Gasteiger partial charge on any atom is -0.385 e. The van der Waals surface area contributed by atoms with Gasteiger partial charge in [-0.1, -0.05) is 6.07 Å². The topological polar surface area (TPSA) is 58.1 Å². The quantitative estimate of drug-likeness (QED) is 0.447. The minimum atomic E-state index is -0.195. The molecule has 134 valence electrons. The number of halogens is 1. The van der Waals surface area contributed by atoms with Gasteiger partial charge in [0.15, 0.2) is 5.96 Å². The molecule has 2 N–H and O–H groups in total. The first-order valence-corrected chi connectivity index (χ1v) is 8.29. The maximum atomic E-state index is 14.4. The largest absolute Gasteiger partial charge is 0.385 e. The van der Waals surface area contributed by atoms with Crippen LogP contribution in [0.5, 0.6) is 0 Å². The van der Waals surface area contributed by atoms with E-state index in [4.69, 9.17) is 9.47 Å². The Morgan fingerprint density at radius 1 is 1.33 bits per heavy atom. The predicted molar refractivity (Wildman–Crippen MR) is 94.1 cm³/mol. The van der Waals surface area contributed by atoms with Gasteiger partial charge < -0.3 is 25.0 Å². The van der Waals surface area contributed by atoms with E-state index in [2.05, 4.69) is 15.6 Å². The van der Waals surface area contributed by atoms with Crippen molar-refractivity contribution in [2.75, 3.05) is 58.5 Å². The average Bonchev–Trinajstić information content (AvgIpc) is 2.62. The molecule has 1 aromatic rings. The van der Waals surface area contributed by atoms with E-state index in [9.17, 15) is 4.39 Å². The van der Waals surface area contributed by atoms with Crippen LogP contribution in [0.25, 0.3) is 0 Å². The number of rotatable bonds is 7. The van der Waals surface area contributed by atoms with Crippen LogP contribution >= 0.6 is 0 Å². The number of hydrogen-bond donors (Lipinski definition) is 2. The van der Waals surface area contributed by atoms with Crippen molar-refractivity contribution in [1.82, 2.24) is 10.6 Å². The van der Waals surface area contributed by atoms with E-state index in [1.165, 1.54) is 0 Å². The van der Waals surface area contributed by atoms with E-state index in [1.54, 1.807) is 20.2 Å². The second-order valence-electron chi connectivity index (χ2n) is 5.58. The van der Waals surface area contributed by atoms with E-state index in [0.29, 0.717) is 38.0 Å². The van der Waals surface area contributed by atoms with E-state index < -0.39 is 0 Å². The summed E-state index contributed by atoms with van der Waals surface area (Å²) in [7, 11) is 3.40. The highest BCUT2D eigenvalue weighted by molar-refractivity contribution is 5.79. The molecule has 24 heavy (non-hydrogen) atoms. The van der Waals surface area contributed by atoms with Gasteiger partial charge in [0.05, 0.1) is 18.9 Å². The van der Waals surface area contributed by atoms with Gasteiger partial charge in [-0.15, -0.1) is 0 Å². The molecular formula is C17H27FN4O2. The van der Waals surface area contributed by atoms with Crippen LogP contribution in [0.3, 0.4) is 0 Å². The molecular weight excluding hydrogens is 311 g/mol. The number of aliphatic imine (C=N–C) groups is 1. The standard InChI is InChI=1S/C17H27FN4O2/c1-19-17(20-6-3-9-23-2)21-13-14-4-5-16(15(18)12-14)22-7-10-24-11-8-22/h4-5,12H,3,6-11,13H2,1-2H3,(H2,19,20,21). The number of ether oxygens (including phenoxy) is 2. The zero-order chi connectivity index (χ0) is 17.2. The van der Waals surface area contributed by atoms with E-state index >= 15 is 0 Å². The Balaban J connectivity index is 1.85. The molecule has 0 atom stereocenters. The second-order valence-corrected chi connectivity index (χ2v) is 5.58. The van der Waals surface area contributed by atoms with Gasteiger partial charge in [0.2, 0.25) is 0 Å². The fourth-order valence-electron chi connectivity index (χ4n) is 2.55. The summed E-state index contributed by atoms with van der Waals surface area (Å²) in [5.74, 6) is 0.503. The Hall–Kier alpha value is -1.86. The third kappa shape index (κ3) is 5.65. The number of nitrogens with one attached hydrogen (secondary N) is 2. The number of guanidine groups is 1. The highest BCUT2D eigenvalue weighted by atomic mass is 19.1. The smallest absolute Gasteiger partial charge is 0.191 e. The van der Waals surface area contributed by atoms with Gasteiger partial charge in [0, 0.05) is 46.9 Å². The molecule has 7 heteroatoms. The molecule has 1 aromatic carbocycles. The van der Waals surface area contributed by atoms with Crippen LogP contribution in [0.1, 0.15) is 12.0 Å². The third-order valence-corrected chi connectivity index (χ3v) is 3.87. The van der Waals surface area contributed by atoms with Crippen molar-refractivity contribution < 1.29 is 13.9 Å². The van der Waals surface area contributed by atoms with Crippen LogP contribution < -0.4 is 15.5 Å². The van der Waals surface area contributed by atoms with E-state index in [0.717, 1.165) is 31.6 Å². The number of nitrogens with zero attached hydrogens (tertiary/aromatic N) is 2. The van der Waals surface area contributed by atoms with Crippen molar-refractivity contribution in [2.45, 2.75) is 13.0 Å². The van der Waals surface area contributed by atoms with Gasteiger partial charge in [0.25, 0.3) is 0 Å². The first kappa shape index (κ1) is 18.5. The minimum absolute atomic E-state index is 0.195. The first-order chi connectivity index (χ1) is 11.7. The van der Waals surface area contributed by atoms with Crippen LogP contribution in [0.2, 0.25) is 0 Å². The maximum absolute atomic E-state index is 14.4. The van der Waals surface area contributed by atoms with Crippen molar-refractivity contribution in [3.63, 3.8) is 0 Å². The summed E-state index contributed by atoms with van der Waals surface area (Å²) in [5.41, 5.74) is 1.52. The number of methoxy groups -OCH3 is 1. The van der Waals surface area contributed by atoms with Gasteiger partial charge in [-0.3, -0.25) is 4.99 Å². The fourth-order valence-corrected chi connectivity index (χ4v) is 2.55. The monoisotopic (exact) mass is 338 g/mol. The molecule has 1 aliphatic heterocycles. The SMILES string of the molecule is CN=C(NCCCOC)NCc1ccc(N2CCOCC2)c(F)c1. The Bertz CT molecular complexity index is 533. The number of morpholine rings is 1. The van der Waals surface area contributed by atoms with Gasteiger partial charge in [-0.25, -0.2) is 4.39 Å². The highest BCUT2D eigenvalue weighted by Gasteiger charge is 2.15. The highest BCUT2D eigenvalue weighted by Crippen LogP contribution is 2.21. The summed E-state index contributed by atoms with van der Waals surface area (Å²) >= 11 is 0. The normalized spacial score (nSPS) is 15.5. The number of hydrogen-bond acceptors (Lipinski definition) is 4. The molecule has 0 unspecified atom stereocenters. The van der Waals surface area contributed by atoms with Crippen molar-refractivity contribution in [3.8, 4) is 0 Å². The van der Waals surface area contributed by atoms with Crippen molar-refractivity contribution in [2.24, 2.45) is 4.99 Å². The summed E-state index contributed by atoms with van der Waals surface area (Å²) in [6, 6.07) is 5.36. The van der Waals surface area contributed by atoms with Gasteiger partial charge in [0.1, 0.15) is 5.82 Å². The van der Waals surface area contributed by atoms with Crippen LogP contribution in [0.4, 0.5) is 10.1 Å². The fraction of sp³-hybridized carbons (Fsp3) is 0.588. The number of benzene rings is 1. The lowest BCUT2D eigenvalue weighted by atomic mass is 10.1. The Morgan fingerprint density at radius 2 is 2.12 bits per heavy atom. The Labute approximate surface area is 143 Å². The molecule has 0 radical (unpaired) electrons. The summed E-state index contributed by atoms with van der Waals surface area (Å²) in [6.45, 7) is 4.75. The van der Waals surface area contributed by atoms with Crippen LogP contribution in [0, 0.1) is 5.82 Å². The van der Waals surface area contributed by atoms with Crippen molar-refractivity contribution in [1.29, 1.82) is 0 Å². The molecule has 1 saturated heterocycles. The molecule has 6 nitrogen and oxygen atoms in total. The summed E-state index contributed by atoms with van der Waals surface area (Å²) in [6.07, 6.45) is 0.903. The van der Waals surface area contributed by atoms with Gasteiger partial charge in [-0.05, 0) is 24.1 Å². The lowest BCUT2D eigenvalue weighted by molar-refractivity contribution is 0.122. The Kier molecular flexibility index (Phi) is 7.77. The molecule has 0 saturated carbocycles. The third-order valence-electron chi connectivity index (χ3n) is 3.87. The Morgan fingerprint density at radius 3 is 2.79 bits per heavy atom. The zero-order valence-corrected chi connectivity index (χ0v) is 14.5. The number of anilines is 1. The maximum Gasteiger partial charge on any atom is 0.191 e. The average molecular weight is 338 g/mol. The molecule has 0 bridgehead atoms. The van der Waals surface area contributed by atoms with E-state index in [1.807, 2.05) is 17.0 Å². The predicted octanol–water partition coefficient (Wildman–Crippen LogP) is 1.36. The van der Waals surface area contributed by atoms with Crippen LogP contribution in [0.15, 0.2) is 23.2 Å². The lowest BCUT2D eigenvalue weighted by Crippen LogP contribution is -2.38. The van der Waals surface area contributed by atoms with Gasteiger partial charge in [-0.2, -0.15) is 0 Å². The molecule has 0 aliphatic carbocycles. The van der Waals surface area contributed by atoms with Crippen molar-refractivity contribution >= 4 is 11.6 Å². The molecule has 0 aromatic heterocycles. The lowest BCUT2D eigenvalue weighted by Gasteiger charge is -2.29. The first-order valence-electron chi connectivity index (χ1n) is 8.29.